The topological polar surface area (TPSA) is 315 Å². The average Bonchev–Trinajstić information content (AvgIpc) is 1.63. The molecule has 0 aromatic carbocycles. The van der Waals surface area contributed by atoms with Gasteiger partial charge in [-0.15, -0.1) is 0 Å². The number of carbonyl (C=O) groups is 3. The molecule has 78 heavy (non-hydrogen) atoms. The first-order valence-electron chi connectivity index (χ1n) is 28.1. The molecule has 6 saturated carbocycles. The quantitative estimate of drug-likeness (QED) is 0.0810. The van der Waals surface area contributed by atoms with Gasteiger partial charge in [-0.2, -0.15) is 8.42 Å². The van der Waals surface area contributed by atoms with E-state index in [-0.39, 0.29) is 66.1 Å². The number of aliphatic hydroxyl groups is 7. The maximum Gasteiger partial charge on any atom is 0.394 e. The van der Waals surface area contributed by atoms with Crippen LogP contribution in [0.2, 0.25) is 0 Å². The van der Waals surface area contributed by atoms with Crippen LogP contribution in [0, 0.1) is 56.7 Å². The van der Waals surface area contributed by atoms with E-state index in [2.05, 4.69) is 25.7 Å². The number of fused-ring (bicyclic) bond motifs is 8. The molecule has 5 heterocycles. The summed E-state index contributed by atoms with van der Waals surface area (Å²) in [6.07, 6.45) is 12.1. The van der Waals surface area contributed by atoms with Crippen molar-refractivity contribution in [3.63, 3.8) is 0 Å². The number of rotatable bonds is 3. The third kappa shape index (κ3) is 6.65. The van der Waals surface area contributed by atoms with Crippen LogP contribution in [0.15, 0.2) is 58.1 Å². The van der Waals surface area contributed by atoms with Crippen LogP contribution in [0.4, 0.5) is 0 Å². The molecule has 21 atom stereocenters. The summed E-state index contributed by atoms with van der Waals surface area (Å²) in [6, 6.07) is 1.64. The molecule has 2 spiro atoms. The predicted octanol–water partition coefficient (Wildman–Crippen LogP) is 5.23. The predicted molar refractivity (Wildman–Crippen MR) is 277 cm³/mol. The van der Waals surface area contributed by atoms with E-state index in [0.29, 0.717) is 55.7 Å². The molecule has 8 aliphatic carbocycles. The average molecular weight is 1110 g/mol. The standard InChI is InChI=1S/C32H49NO9.C26H30O5.H2O4S/c1-6-18(3)25(35)41-24-11-12-26(4)19-8-9-20-28(37)13-23(34)31(39)21(29(28,38)16-30(20,26)42-32(19,24)40)15-33-14-17(2)7-10-22(33)27(31,5)36;1-22(2)17(27)7-9-23(3)16-6-10-24(4)15(14-8-11-30-13-14)12-18-26(24,31-18)25(16,5)21(29)19(28)20(22)23;1-5(2,3)4/h6,17,19-24,34,36-40H,7-16H2,1-5H3;7-9,11,13,15-16,18,28H,6,10,12H2,1-5H3;(H2,1,2,3,4). The third-order valence-corrected chi connectivity index (χ3v) is 24.2. The summed E-state index contributed by atoms with van der Waals surface area (Å²) in [6.45, 7) is 20.1. The third-order valence-electron chi connectivity index (χ3n) is 24.2. The minimum absolute atomic E-state index is 0.00527. The molecule has 432 valence electrons. The number of allylic oxidation sites excluding steroid dienone is 5. The van der Waals surface area contributed by atoms with Crippen LogP contribution in [0.3, 0.4) is 0 Å². The summed E-state index contributed by atoms with van der Waals surface area (Å²) >= 11 is 0. The Balaban J connectivity index is 0.000000158. The van der Waals surface area contributed by atoms with E-state index in [1.807, 2.05) is 46.1 Å². The van der Waals surface area contributed by atoms with E-state index in [1.54, 1.807) is 39.2 Å². The maximum absolute atomic E-state index is 14.0. The fourth-order valence-electron chi connectivity index (χ4n) is 20.6. The number of ketones is 2. The summed E-state index contributed by atoms with van der Waals surface area (Å²) in [5.41, 5.74) is -10.4. The normalized spacial score (nSPS) is 52.8. The van der Waals surface area contributed by atoms with Crippen LogP contribution < -0.4 is 0 Å². The largest absolute Gasteiger partial charge is 0.504 e. The number of Topliss-reactive ketones (excluding diaryl/α,β-unsaturated/α-hetero) is 1. The zero-order chi connectivity index (χ0) is 57.2. The molecule has 10 fully saturated rings. The Morgan fingerprint density at radius 3 is 2.15 bits per heavy atom. The molecule has 0 radical (unpaired) electrons. The monoisotopic (exact) mass is 1110 g/mol. The highest BCUT2D eigenvalue weighted by atomic mass is 32.3. The highest BCUT2D eigenvalue weighted by molar-refractivity contribution is 7.79. The minimum Gasteiger partial charge on any atom is -0.504 e. The van der Waals surface area contributed by atoms with Gasteiger partial charge in [0, 0.05) is 71.5 Å². The summed E-state index contributed by atoms with van der Waals surface area (Å²) in [5.74, 6) is -4.36. The smallest absolute Gasteiger partial charge is 0.394 e. The highest BCUT2D eigenvalue weighted by Gasteiger charge is 2.90. The summed E-state index contributed by atoms with van der Waals surface area (Å²) in [7, 11) is -4.67. The molecule has 0 amide bonds. The zero-order valence-corrected chi connectivity index (χ0v) is 47.3. The molecule has 4 bridgehead atoms. The molecule has 9 N–H and O–H groups in total. The maximum atomic E-state index is 14.0. The Labute approximate surface area is 456 Å². The Morgan fingerprint density at radius 2 is 1.51 bits per heavy atom. The summed E-state index contributed by atoms with van der Waals surface area (Å²) in [5, 5.41) is 85.3. The Hall–Kier alpha value is -3.38. The lowest BCUT2D eigenvalue weighted by atomic mass is 9.39. The molecule has 1 aromatic rings. The lowest BCUT2D eigenvalue weighted by Gasteiger charge is -2.68. The molecule has 4 saturated heterocycles. The molecule has 19 nitrogen and oxygen atoms in total. The van der Waals surface area contributed by atoms with Crippen LogP contribution in [0.5, 0.6) is 0 Å². The van der Waals surface area contributed by atoms with Gasteiger partial charge in [0.2, 0.25) is 11.6 Å². The van der Waals surface area contributed by atoms with Crippen LogP contribution in [0.25, 0.3) is 0 Å². The van der Waals surface area contributed by atoms with Crippen LogP contribution >= 0.6 is 0 Å². The van der Waals surface area contributed by atoms with Crippen molar-refractivity contribution in [2.24, 2.45) is 56.7 Å². The number of nitrogens with zero attached hydrogens (tertiary/aromatic N) is 1. The van der Waals surface area contributed by atoms with Gasteiger partial charge in [-0.3, -0.25) is 23.6 Å². The number of esters is 1. The van der Waals surface area contributed by atoms with E-state index in [4.69, 9.17) is 36.2 Å². The van der Waals surface area contributed by atoms with Crippen LogP contribution in [-0.4, -0.2) is 153 Å². The number of piperidine rings is 2. The van der Waals surface area contributed by atoms with Gasteiger partial charge in [0.15, 0.2) is 17.6 Å². The van der Waals surface area contributed by atoms with Crippen LogP contribution in [0.1, 0.15) is 151 Å². The van der Waals surface area contributed by atoms with Crippen molar-refractivity contribution in [2.45, 2.75) is 210 Å². The van der Waals surface area contributed by atoms with Gasteiger partial charge in [0.25, 0.3) is 0 Å². The van der Waals surface area contributed by atoms with Crippen molar-refractivity contribution < 1.29 is 86.3 Å². The first-order valence-corrected chi connectivity index (χ1v) is 29.5. The van der Waals surface area contributed by atoms with Gasteiger partial charge in [0.05, 0.1) is 41.2 Å². The number of ether oxygens (including phenoxy) is 3. The van der Waals surface area contributed by atoms with E-state index < -0.39 is 107 Å². The Kier molecular flexibility index (Phi) is 12.2. The summed E-state index contributed by atoms with van der Waals surface area (Å²) in [4.78, 5) is 41.6. The Bertz CT molecular complexity index is 2930. The number of carbonyl (C=O) groups excluding carboxylic acids is 3. The number of hydrogen-bond acceptors (Lipinski definition) is 17. The van der Waals surface area contributed by atoms with E-state index >= 15 is 0 Å². The number of hydrogen-bond donors (Lipinski definition) is 9. The van der Waals surface area contributed by atoms with Gasteiger partial charge >= 0.3 is 16.4 Å². The zero-order valence-electron chi connectivity index (χ0n) is 46.5. The van der Waals surface area contributed by atoms with Crippen molar-refractivity contribution in [1.82, 2.24) is 4.90 Å². The molecule has 13 rings (SSSR count). The number of aliphatic hydroxyl groups excluding tert-OH is 2. The van der Waals surface area contributed by atoms with Crippen molar-refractivity contribution >= 4 is 27.9 Å². The first-order chi connectivity index (χ1) is 35.9. The Morgan fingerprint density at radius 1 is 0.859 bits per heavy atom. The number of furan rings is 1. The van der Waals surface area contributed by atoms with Gasteiger partial charge in [-0.05, 0) is 140 Å². The minimum atomic E-state index is -4.67. The van der Waals surface area contributed by atoms with Crippen molar-refractivity contribution in [3.05, 3.63) is 59.3 Å². The molecule has 4 aliphatic heterocycles. The fraction of sp³-hybridized carbons (Fsp3) is 0.776. The number of epoxide rings is 1. The van der Waals surface area contributed by atoms with Crippen molar-refractivity contribution in [1.29, 1.82) is 0 Å². The summed E-state index contributed by atoms with van der Waals surface area (Å²) < 4.78 is 56.1. The van der Waals surface area contributed by atoms with Crippen molar-refractivity contribution in [3.8, 4) is 0 Å². The second-order valence-corrected chi connectivity index (χ2v) is 28.6. The van der Waals surface area contributed by atoms with Crippen molar-refractivity contribution in [2.75, 3.05) is 13.1 Å². The van der Waals surface area contributed by atoms with E-state index in [1.165, 1.54) is 5.56 Å². The van der Waals surface area contributed by atoms with Gasteiger partial charge in [-0.1, -0.05) is 39.8 Å². The fourth-order valence-corrected chi connectivity index (χ4v) is 20.6. The van der Waals surface area contributed by atoms with Crippen LogP contribution in [-0.2, 0) is 39.0 Å². The molecule has 12 aliphatic rings. The van der Waals surface area contributed by atoms with E-state index in [9.17, 15) is 50.1 Å². The molecule has 20 heteroatoms. The van der Waals surface area contributed by atoms with E-state index in [0.717, 1.165) is 25.7 Å². The SMILES string of the molecule is CC1(C)C(=O)C=CC2(C)C1=C(O)C(=O)C1(C)C2CCC2(C)C(c3ccoc3)CC3OC321.CC=C(C)C(=O)OC1CCC2(C)C3CCC4C5(O)CC(O)C6(O)C(CN7CC(C)CCC7C6(C)O)C5(O)CC42OC13O.O=S(=O)(O)O. The molecular weight excluding hydrogens is 1030 g/mol. The molecule has 1 aromatic heterocycles. The lowest BCUT2D eigenvalue weighted by Crippen LogP contribution is -2.85. The highest BCUT2D eigenvalue weighted by Crippen LogP contribution is 2.82. The van der Waals surface area contributed by atoms with Gasteiger partial charge < -0.3 is 54.4 Å². The lowest BCUT2D eigenvalue weighted by molar-refractivity contribution is -0.354. The molecular formula is C58H81NO18S. The van der Waals surface area contributed by atoms with Gasteiger partial charge in [0.1, 0.15) is 28.0 Å². The first kappa shape index (κ1) is 56.5. The second kappa shape index (κ2) is 16.9. The van der Waals surface area contributed by atoms with Gasteiger partial charge in [-0.25, -0.2) is 4.79 Å². The molecule has 21 unspecified atom stereocenters. The second-order valence-electron chi connectivity index (χ2n) is 27.7.